The molecule has 2 heterocycles. The smallest absolute Gasteiger partial charge is 0.416 e. The van der Waals surface area contributed by atoms with E-state index in [0.29, 0.717) is 16.9 Å². The van der Waals surface area contributed by atoms with Crippen molar-refractivity contribution in [3.63, 3.8) is 0 Å². The van der Waals surface area contributed by atoms with Gasteiger partial charge in [0.15, 0.2) is 5.65 Å². The molecule has 4 rings (SSSR count). The van der Waals surface area contributed by atoms with Gasteiger partial charge in [0.25, 0.3) is 5.91 Å². The number of carbonyl (C=O) groups excluding carboxylic acids is 1. The molecule has 170 valence electrons. The third-order valence-corrected chi connectivity index (χ3v) is 4.87. The summed E-state index contributed by atoms with van der Waals surface area (Å²) in [4.78, 5) is 22.4. The van der Waals surface area contributed by atoms with Gasteiger partial charge in [-0.15, -0.1) is 0 Å². The average molecular weight is 462 g/mol. The van der Waals surface area contributed by atoms with E-state index in [2.05, 4.69) is 14.7 Å². The number of halogens is 5. The first-order valence-electron chi connectivity index (χ1n) is 9.48. The summed E-state index contributed by atoms with van der Waals surface area (Å²) in [5.74, 6) is -0.799. The molecule has 0 N–H and O–H groups in total. The van der Waals surface area contributed by atoms with Crippen LogP contribution in [-0.2, 0) is 6.18 Å². The lowest BCUT2D eigenvalue weighted by atomic mass is 10.1. The highest BCUT2D eigenvalue weighted by Gasteiger charge is 2.30. The summed E-state index contributed by atoms with van der Waals surface area (Å²) in [6.45, 7) is -3.07. The Bertz CT molecular complexity index is 1300. The van der Waals surface area contributed by atoms with Crippen molar-refractivity contribution in [1.29, 1.82) is 0 Å². The molecule has 0 atom stereocenters. The molecular formula is C22H15F5N4O2. The highest BCUT2D eigenvalue weighted by molar-refractivity contribution is 6.05. The zero-order chi connectivity index (χ0) is 23.8. The van der Waals surface area contributed by atoms with Gasteiger partial charge in [-0.25, -0.2) is 9.97 Å². The van der Waals surface area contributed by atoms with Crippen LogP contribution in [0.25, 0.3) is 16.9 Å². The summed E-state index contributed by atoms with van der Waals surface area (Å²) < 4.78 is 70.0. The number of hydrogen-bond acceptors (Lipinski definition) is 4. The topological polar surface area (TPSA) is 59.7 Å². The molecule has 2 aromatic heterocycles. The summed E-state index contributed by atoms with van der Waals surface area (Å²) in [5.41, 5.74) is 0.541. The molecule has 33 heavy (non-hydrogen) atoms. The van der Waals surface area contributed by atoms with Crippen LogP contribution in [-0.4, -0.2) is 33.9 Å². The third-order valence-electron chi connectivity index (χ3n) is 4.87. The van der Waals surface area contributed by atoms with Crippen LogP contribution in [0.15, 0.2) is 67.1 Å². The van der Waals surface area contributed by atoms with Gasteiger partial charge in [0, 0.05) is 18.8 Å². The summed E-state index contributed by atoms with van der Waals surface area (Å²) >= 11 is 0. The standard InChI is InChI=1S/C22H15F5N4O2/c1-30(16-4-2-3-5-18(16)33-21(23)24)20(32)15-12-31-17(10-29-19(31)11-28-15)13-6-8-14(9-7-13)22(25,26)27/h2-12,21H,1H3. The second-order valence-electron chi connectivity index (χ2n) is 6.93. The molecule has 0 saturated carbocycles. The molecule has 11 heteroatoms. The van der Waals surface area contributed by atoms with Gasteiger partial charge in [0.05, 0.1) is 29.3 Å². The number of ether oxygens (including phenoxy) is 1. The van der Waals surface area contributed by atoms with E-state index in [9.17, 15) is 26.7 Å². The first-order valence-corrected chi connectivity index (χ1v) is 9.48. The van der Waals surface area contributed by atoms with E-state index < -0.39 is 24.3 Å². The molecule has 0 spiro atoms. The van der Waals surface area contributed by atoms with Crippen molar-refractivity contribution in [3.05, 3.63) is 78.4 Å². The van der Waals surface area contributed by atoms with Gasteiger partial charge in [0.1, 0.15) is 11.4 Å². The molecule has 0 fully saturated rings. The second-order valence-corrected chi connectivity index (χ2v) is 6.93. The summed E-state index contributed by atoms with van der Waals surface area (Å²) in [7, 11) is 1.38. The number of benzene rings is 2. The number of amides is 1. The van der Waals surface area contributed by atoms with Crippen molar-refractivity contribution < 1.29 is 31.5 Å². The number of rotatable bonds is 5. The molecule has 0 radical (unpaired) electrons. The Kier molecular flexibility index (Phi) is 5.71. The summed E-state index contributed by atoms with van der Waals surface area (Å²) in [6.07, 6.45) is -0.305. The molecule has 0 saturated heterocycles. The molecule has 4 aromatic rings. The van der Waals surface area contributed by atoms with Crippen LogP contribution < -0.4 is 9.64 Å². The highest BCUT2D eigenvalue weighted by atomic mass is 19.4. The highest BCUT2D eigenvalue weighted by Crippen LogP contribution is 2.32. The van der Waals surface area contributed by atoms with Crippen LogP contribution in [0.2, 0.25) is 0 Å². The third kappa shape index (κ3) is 4.47. The van der Waals surface area contributed by atoms with Crippen molar-refractivity contribution in [2.24, 2.45) is 0 Å². The van der Waals surface area contributed by atoms with Crippen molar-refractivity contribution in [1.82, 2.24) is 14.4 Å². The number of imidazole rings is 1. The number of alkyl halides is 5. The summed E-state index contributed by atoms with van der Waals surface area (Å²) in [6, 6.07) is 10.3. The Balaban J connectivity index is 1.68. The minimum atomic E-state index is -4.46. The van der Waals surface area contributed by atoms with Gasteiger partial charge in [-0.2, -0.15) is 22.0 Å². The number of carbonyl (C=O) groups is 1. The van der Waals surface area contributed by atoms with Crippen LogP contribution in [0.3, 0.4) is 0 Å². The van der Waals surface area contributed by atoms with Crippen LogP contribution in [0, 0.1) is 0 Å². The molecule has 1 amide bonds. The fourth-order valence-corrected chi connectivity index (χ4v) is 3.25. The maximum atomic E-state index is 13.0. The Morgan fingerprint density at radius 3 is 2.39 bits per heavy atom. The molecule has 2 aromatic carbocycles. The lowest BCUT2D eigenvalue weighted by Crippen LogP contribution is -2.28. The number of hydrogen-bond donors (Lipinski definition) is 0. The number of anilines is 1. The minimum absolute atomic E-state index is 0.0389. The molecule has 0 unspecified atom stereocenters. The second kappa shape index (κ2) is 8.49. The summed E-state index contributed by atoms with van der Waals surface area (Å²) in [5, 5.41) is 0. The Morgan fingerprint density at radius 1 is 1.03 bits per heavy atom. The average Bonchev–Trinajstić information content (AvgIpc) is 3.21. The fraction of sp³-hybridized carbons (Fsp3) is 0.136. The molecule has 0 aliphatic heterocycles. The first-order chi connectivity index (χ1) is 15.6. The lowest BCUT2D eigenvalue weighted by molar-refractivity contribution is -0.137. The van der Waals surface area contributed by atoms with Gasteiger partial charge in [-0.3, -0.25) is 9.20 Å². The van der Waals surface area contributed by atoms with Crippen molar-refractivity contribution in [2.45, 2.75) is 12.8 Å². The Morgan fingerprint density at radius 2 is 1.73 bits per heavy atom. The quantitative estimate of drug-likeness (QED) is 0.378. The van der Waals surface area contributed by atoms with E-state index in [1.807, 2.05) is 0 Å². The van der Waals surface area contributed by atoms with Crippen LogP contribution in [0.5, 0.6) is 5.75 Å². The van der Waals surface area contributed by atoms with Gasteiger partial charge >= 0.3 is 12.8 Å². The number of aromatic nitrogens is 3. The molecule has 0 aliphatic carbocycles. The van der Waals surface area contributed by atoms with Crippen molar-refractivity contribution in [2.75, 3.05) is 11.9 Å². The van der Waals surface area contributed by atoms with Crippen LogP contribution in [0.4, 0.5) is 27.6 Å². The zero-order valence-corrected chi connectivity index (χ0v) is 16.9. The molecule has 0 aliphatic rings. The largest absolute Gasteiger partial charge is 0.433 e. The maximum Gasteiger partial charge on any atom is 0.416 e. The van der Waals surface area contributed by atoms with Crippen LogP contribution in [0.1, 0.15) is 16.1 Å². The molecule has 0 bridgehead atoms. The zero-order valence-electron chi connectivity index (χ0n) is 16.9. The molecular weight excluding hydrogens is 447 g/mol. The number of para-hydroxylation sites is 2. The lowest BCUT2D eigenvalue weighted by Gasteiger charge is -2.20. The predicted molar refractivity (Wildman–Crippen MR) is 109 cm³/mol. The van der Waals surface area contributed by atoms with E-state index in [1.165, 1.54) is 60.4 Å². The SMILES string of the molecule is CN(C(=O)c1cn2c(-c3ccc(C(F)(F)F)cc3)cnc2cn1)c1ccccc1OC(F)F. The van der Waals surface area contributed by atoms with E-state index >= 15 is 0 Å². The Labute approximate surface area is 183 Å². The van der Waals surface area contributed by atoms with Gasteiger partial charge in [0.2, 0.25) is 0 Å². The van der Waals surface area contributed by atoms with Crippen molar-refractivity contribution >= 4 is 17.2 Å². The molecule has 6 nitrogen and oxygen atoms in total. The maximum absolute atomic E-state index is 13.0. The van der Waals surface area contributed by atoms with E-state index in [4.69, 9.17) is 0 Å². The van der Waals surface area contributed by atoms with Gasteiger partial charge in [-0.05, 0) is 24.3 Å². The monoisotopic (exact) mass is 462 g/mol. The van der Waals surface area contributed by atoms with E-state index in [-0.39, 0.29) is 17.1 Å². The first kappa shape index (κ1) is 22.2. The van der Waals surface area contributed by atoms with E-state index in [0.717, 1.165) is 17.0 Å². The predicted octanol–water partition coefficient (Wildman–Crippen LogP) is 5.29. The number of nitrogens with zero attached hydrogens (tertiary/aromatic N) is 4. The van der Waals surface area contributed by atoms with Crippen molar-refractivity contribution in [3.8, 4) is 17.0 Å². The van der Waals surface area contributed by atoms with E-state index in [1.54, 1.807) is 6.07 Å². The van der Waals surface area contributed by atoms with Crippen LogP contribution >= 0.6 is 0 Å². The Hall–Kier alpha value is -4.02. The normalized spacial score (nSPS) is 11.7. The van der Waals surface area contributed by atoms with Gasteiger partial charge < -0.3 is 9.64 Å². The number of fused-ring (bicyclic) bond motifs is 1. The fourth-order valence-electron chi connectivity index (χ4n) is 3.25. The minimum Gasteiger partial charge on any atom is -0.433 e. The van der Waals surface area contributed by atoms with Gasteiger partial charge in [-0.1, -0.05) is 24.3 Å².